The molecule has 0 radical (unpaired) electrons. The highest BCUT2D eigenvalue weighted by Gasteiger charge is 2.09. The fourth-order valence-electron chi connectivity index (χ4n) is 1.29. The predicted octanol–water partition coefficient (Wildman–Crippen LogP) is 0.499. The number of ketones is 1. The Morgan fingerprint density at radius 3 is 3.00 bits per heavy atom. The van der Waals surface area contributed by atoms with Crippen LogP contribution in [-0.2, 0) is 13.6 Å². The Balaban J connectivity index is 2.14. The van der Waals surface area contributed by atoms with Crippen molar-refractivity contribution in [3.05, 3.63) is 36.7 Å². The first kappa shape index (κ1) is 8.68. The van der Waals surface area contributed by atoms with Gasteiger partial charge in [0, 0.05) is 13.2 Å². The molecule has 2 rings (SSSR count). The van der Waals surface area contributed by atoms with E-state index in [9.17, 15) is 4.79 Å². The van der Waals surface area contributed by atoms with Crippen molar-refractivity contribution in [3.8, 4) is 0 Å². The van der Waals surface area contributed by atoms with Gasteiger partial charge in [0.2, 0.25) is 5.78 Å². The fourth-order valence-corrected chi connectivity index (χ4v) is 1.29. The van der Waals surface area contributed by atoms with Crippen molar-refractivity contribution >= 4 is 5.78 Å². The number of Topliss-reactive ketones (excluding diaryl/α,β-unsaturated/α-hetero) is 1. The average molecular weight is 190 g/mol. The fraction of sp³-hybridized carbons (Fsp3) is 0.222. The maximum Gasteiger partial charge on any atom is 0.200 e. The summed E-state index contributed by atoms with van der Waals surface area (Å²) in [6.07, 6.45) is 4.79. The minimum absolute atomic E-state index is 0.0306. The monoisotopic (exact) mass is 190 g/mol. The summed E-state index contributed by atoms with van der Waals surface area (Å²) in [6.45, 7) is 0.234. The molecule has 14 heavy (non-hydrogen) atoms. The van der Waals surface area contributed by atoms with E-state index in [1.807, 2.05) is 19.3 Å². The number of aromatic nitrogens is 4. The normalized spacial score (nSPS) is 10.4. The maximum atomic E-state index is 11.7. The predicted molar refractivity (Wildman–Crippen MR) is 49.8 cm³/mol. The summed E-state index contributed by atoms with van der Waals surface area (Å²) in [7, 11) is 1.84. The van der Waals surface area contributed by atoms with Gasteiger partial charge in [-0.25, -0.2) is 9.67 Å². The number of carbonyl (C=O) groups excluding carboxylic acids is 1. The van der Waals surface area contributed by atoms with Gasteiger partial charge in [-0.2, -0.15) is 5.10 Å². The van der Waals surface area contributed by atoms with Gasteiger partial charge in [-0.1, -0.05) is 0 Å². The molecule has 2 aromatic rings. The lowest BCUT2D eigenvalue weighted by molar-refractivity contribution is 0.0959. The molecule has 2 aromatic heterocycles. The standard InChI is InChI=1S/C9H10N4O/c1-12-4-2-3-8(12)9(14)5-13-7-10-6-11-13/h2-4,6-7H,5H2,1H3. The molecule has 72 valence electrons. The molecule has 0 aromatic carbocycles. The van der Waals surface area contributed by atoms with Crippen LogP contribution in [0.2, 0.25) is 0 Å². The molecular formula is C9H10N4O. The highest BCUT2D eigenvalue weighted by atomic mass is 16.1. The minimum Gasteiger partial charge on any atom is -0.348 e. The molecule has 5 nitrogen and oxygen atoms in total. The molecule has 0 unspecified atom stereocenters. The molecule has 0 aliphatic heterocycles. The summed E-state index contributed by atoms with van der Waals surface area (Å²) < 4.78 is 3.30. The van der Waals surface area contributed by atoms with Gasteiger partial charge in [0.1, 0.15) is 19.2 Å². The molecule has 0 atom stereocenters. The first-order valence-electron chi connectivity index (χ1n) is 4.24. The Bertz CT molecular complexity index is 429. The van der Waals surface area contributed by atoms with E-state index in [-0.39, 0.29) is 12.3 Å². The Hall–Kier alpha value is -1.91. The Kier molecular flexibility index (Phi) is 2.14. The molecule has 2 heterocycles. The third-order valence-corrected chi connectivity index (χ3v) is 2.00. The number of nitrogens with zero attached hydrogens (tertiary/aromatic N) is 4. The van der Waals surface area contributed by atoms with Gasteiger partial charge < -0.3 is 4.57 Å². The molecule has 0 saturated heterocycles. The van der Waals surface area contributed by atoms with Gasteiger partial charge in [-0.15, -0.1) is 0 Å². The molecule has 0 fully saturated rings. The summed E-state index contributed by atoms with van der Waals surface area (Å²) in [6, 6.07) is 3.63. The number of rotatable bonds is 3. The van der Waals surface area contributed by atoms with Crippen molar-refractivity contribution in [2.45, 2.75) is 6.54 Å². The van der Waals surface area contributed by atoms with Gasteiger partial charge in [-0.05, 0) is 12.1 Å². The highest BCUT2D eigenvalue weighted by Crippen LogP contribution is 2.01. The van der Waals surface area contributed by atoms with Crippen LogP contribution in [0, 0.1) is 0 Å². The molecule has 5 heteroatoms. The molecule has 0 spiro atoms. The molecule has 0 amide bonds. The SMILES string of the molecule is Cn1cccc1C(=O)Cn1cncn1. The Labute approximate surface area is 81.0 Å². The first-order valence-corrected chi connectivity index (χ1v) is 4.24. The van der Waals surface area contributed by atoms with E-state index < -0.39 is 0 Å². The third kappa shape index (κ3) is 1.56. The average Bonchev–Trinajstić information content (AvgIpc) is 2.75. The zero-order valence-corrected chi connectivity index (χ0v) is 7.79. The van der Waals surface area contributed by atoms with Gasteiger partial charge >= 0.3 is 0 Å². The van der Waals surface area contributed by atoms with Gasteiger partial charge in [0.25, 0.3) is 0 Å². The summed E-state index contributed by atoms with van der Waals surface area (Å²) in [5, 5.41) is 3.87. The Morgan fingerprint density at radius 1 is 1.57 bits per heavy atom. The van der Waals surface area contributed by atoms with Crippen LogP contribution >= 0.6 is 0 Å². The molecular weight excluding hydrogens is 180 g/mol. The second-order valence-electron chi connectivity index (χ2n) is 3.02. The second-order valence-corrected chi connectivity index (χ2v) is 3.02. The van der Waals surface area contributed by atoms with Crippen LogP contribution in [0.1, 0.15) is 10.5 Å². The van der Waals surface area contributed by atoms with Crippen LogP contribution in [0.5, 0.6) is 0 Å². The van der Waals surface area contributed by atoms with E-state index in [1.54, 1.807) is 10.6 Å². The van der Waals surface area contributed by atoms with E-state index in [1.165, 1.54) is 17.3 Å². The van der Waals surface area contributed by atoms with E-state index in [0.717, 1.165) is 0 Å². The molecule has 0 aliphatic rings. The lowest BCUT2D eigenvalue weighted by Crippen LogP contribution is -2.13. The van der Waals surface area contributed by atoms with E-state index in [0.29, 0.717) is 5.69 Å². The van der Waals surface area contributed by atoms with Crippen LogP contribution in [0.4, 0.5) is 0 Å². The van der Waals surface area contributed by atoms with E-state index in [4.69, 9.17) is 0 Å². The zero-order chi connectivity index (χ0) is 9.97. The van der Waals surface area contributed by atoms with Crippen LogP contribution in [-0.4, -0.2) is 25.1 Å². The Morgan fingerprint density at radius 2 is 2.43 bits per heavy atom. The van der Waals surface area contributed by atoms with Crippen LogP contribution < -0.4 is 0 Å². The van der Waals surface area contributed by atoms with E-state index >= 15 is 0 Å². The molecule has 0 saturated carbocycles. The van der Waals surface area contributed by atoms with E-state index in [2.05, 4.69) is 10.1 Å². The van der Waals surface area contributed by atoms with Crippen molar-refractivity contribution in [2.24, 2.45) is 7.05 Å². The van der Waals surface area contributed by atoms with Crippen molar-refractivity contribution in [1.82, 2.24) is 19.3 Å². The highest BCUT2D eigenvalue weighted by molar-refractivity contribution is 5.94. The zero-order valence-electron chi connectivity index (χ0n) is 7.79. The van der Waals surface area contributed by atoms with Crippen molar-refractivity contribution in [2.75, 3.05) is 0 Å². The maximum absolute atomic E-state index is 11.7. The minimum atomic E-state index is 0.0306. The van der Waals surface area contributed by atoms with Crippen LogP contribution in [0.15, 0.2) is 31.0 Å². The van der Waals surface area contributed by atoms with Crippen molar-refractivity contribution in [1.29, 1.82) is 0 Å². The molecule has 0 N–H and O–H groups in total. The lowest BCUT2D eigenvalue weighted by atomic mass is 10.3. The van der Waals surface area contributed by atoms with Gasteiger partial charge in [0.05, 0.1) is 5.69 Å². The topological polar surface area (TPSA) is 52.7 Å². The number of hydrogen-bond donors (Lipinski definition) is 0. The molecule has 0 bridgehead atoms. The largest absolute Gasteiger partial charge is 0.348 e. The van der Waals surface area contributed by atoms with Crippen molar-refractivity contribution in [3.63, 3.8) is 0 Å². The number of hydrogen-bond acceptors (Lipinski definition) is 3. The summed E-state index contributed by atoms with van der Waals surface area (Å²) in [5.74, 6) is 0.0306. The first-order chi connectivity index (χ1) is 6.77. The van der Waals surface area contributed by atoms with Gasteiger partial charge in [0.15, 0.2) is 0 Å². The molecule has 0 aliphatic carbocycles. The van der Waals surface area contributed by atoms with Crippen LogP contribution in [0.3, 0.4) is 0 Å². The number of carbonyl (C=O) groups is 1. The lowest BCUT2D eigenvalue weighted by Gasteiger charge is -2.01. The summed E-state index contributed by atoms with van der Waals surface area (Å²) in [4.78, 5) is 15.5. The third-order valence-electron chi connectivity index (χ3n) is 2.00. The van der Waals surface area contributed by atoms with Crippen molar-refractivity contribution < 1.29 is 4.79 Å². The van der Waals surface area contributed by atoms with Crippen LogP contribution in [0.25, 0.3) is 0 Å². The quantitative estimate of drug-likeness (QED) is 0.662. The van der Waals surface area contributed by atoms with Gasteiger partial charge in [-0.3, -0.25) is 4.79 Å². The summed E-state index contributed by atoms with van der Waals surface area (Å²) >= 11 is 0. The smallest absolute Gasteiger partial charge is 0.200 e. The number of aryl methyl sites for hydroxylation is 1. The summed E-state index contributed by atoms with van der Waals surface area (Å²) in [5.41, 5.74) is 0.681. The second kappa shape index (κ2) is 3.45.